The van der Waals surface area contributed by atoms with Gasteiger partial charge in [-0.1, -0.05) is 24.3 Å². The molecule has 0 bridgehead atoms. The van der Waals surface area contributed by atoms with E-state index in [1.165, 1.54) is 0 Å². The molecule has 3 N–H and O–H groups in total. The minimum Gasteiger partial charge on any atom is -0.508 e. The van der Waals surface area contributed by atoms with Crippen LogP contribution in [0.4, 0.5) is 0 Å². The number of aromatic hydroxyl groups is 1. The molecule has 0 radical (unpaired) electrons. The van der Waals surface area contributed by atoms with Crippen molar-refractivity contribution in [2.75, 3.05) is 6.79 Å². The van der Waals surface area contributed by atoms with Crippen LogP contribution in [-0.4, -0.2) is 34.2 Å². The first-order valence-electron chi connectivity index (χ1n) is 7.34. The monoisotopic (exact) mass is 364 g/mol. The summed E-state index contributed by atoms with van der Waals surface area (Å²) in [5.41, 5.74) is 0.744. The van der Waals surface area contributed by atoms with Gasteiger partial charge in [0.15, 0.2) is 0 Å². The molecular weight excluding hydrogens is 348 g/mol. The molecule has 0 unspecified atom stereocenters. The van der Waals surface area contributed by atoms with Gasteiger partial charge in [-0.25, -0.2) is 19.4 Å². The van der Waals surface area contributed by atoms with Gasteiger partial charge in [0.2, 0.25) is 6.79 Å². The first-order chi connectivity index (χ1) is 12.5. The fourth-order valence-corrected chi connectivity index (χ4v) is 2.09. The van der Waals surface area contributed by atoms with Crippen LogP contribution in [-0.2, 0) is 32.6 Å². The number of benzene rings is 2. The summed E-state index contributed by atoms with van der Waals surface area (Å²) in [4.78, 5) is 36.7. The smallest absolute Gasteiger partial charge is 0.341 e. The Hall–Kier alpha value is -2.98. The summed E-state index contributed by atoms with van der Waals surface area (Å²) >= 11 is 0. The van der Waals surface area contributed by atoms with Crippen LogP contribution in [0.3, 0.4) is 0 Å². The van der Waals surface area contributed by atoms with E-state index < -0.39 is 18.7 Å². The largest absolute Gasteiger partial charge is 0.508 e. The highest BCUT2D eigenvalue weighted by molar-refractivity contribution is 6.02. The van der Waals surface area contributed by atoms with E-state index in [-0.39, 0.29) is 30.1 Å². The number of esters is 1. The molecule has 0 amide bonds. The van der Waals surface area contributed by atoms with Gasteiger partial charge in [-0.2, -0.15) is 4.89 Å². The number of hydrogen-bond donors (Lipinski definition) is 3. The predicted octanol–water partition coefficient (Wildman–Crippen LogP) is 2.34. The minimum absolute atomic E-state index is 0.00356. The molecule has 0 saturated heterocycles. The summed E-state index contributed by atoms with van der Waals surface area (Å²) in [6, 6.07) is 10.2. The minimum atomic E-state index is -1.34. The first-order valence-corrected chi connectivity index (χ1v) is 7.34. The molecule has 138 valence electrons. The molecule has 0 spiro atoms. The first kappa shape index (κ1) is 19.3. The third-order valence-electron chi connectivity index (χ3n) is 3.33. The van der Waals surface area contributed by atoms with Gasteiger partial charge >= 0.3 is 11.9 Å². The lowest BCUT2D eigenvalue weighted by Crippen LogP contribution is -2.13. The van der Waals surface area contributed by atoms with Gasteiger partial charge < -0.3 is 14.9 Å². The summed E-state index contributed by atoms with van der Waals surface area (Å²) in [6.45, 7) is -0.611. The van der Waals surface area contributed by atoms with Gasteiger partial charge in [0.05, 0.1) is 11.1 Å². The Balaban J connectivity index is 1.85. The number of hydrogen-bond acceptors (Lipinski definition) is 8. The average Bonchev–Trinajstić information content (AvgIpc) is 2.62. The highest BCUT2D eigenvalue weighted by Gasteiger charge is 2.18. The van der Waals surface area contributed by atoms with Crippen molar-refractivity contribution in [2.24, 2.45) is 0 Å². The molecule has 2 rings (SSSR count). The van der Waals surface area contributed by atoms with Crippen molar-refractivity contribution in [2.45, 2.75) is 13.2 Å². The maximum absolute atomic E-state index is 11.9. The molecule has 0 aromatic heterocycles. The van der Waals surface area contributed by atoms with Crippen LogP contribution >= 0.6 is 0 Å². The zero-order valence-electron chi connectivity index (χ0n) is 13.5. The van der Waals surface area contributed by atoms with E-state index in [4.69, 9.17) is 24.9 Å². The van der Waals surface area contributed by atoms with Crippen molar-refractivity contribution < 1.29 is 44.5 Å². The predicted molar refractivity (Wildman–Crippen MR) is 85.1 cm³/mol. The Kier molecular flexibility index (Phi) is 7.06. The number of phenolic OH excluding ortho intramolecular Hbond substituents is 1. The summed E-state index contributed by atoms with van der Waals surface area (Å²) in [6.07, 6.45) is 0. The third-order valence-corrected chi connectivity index (χ3v) is 3.33. The van der Waals surface area contributed by atoms with Crippen molar-refractivity contribution in [3.8, 4) is 5.75 Å². The summed E-state index contributed by atoms with van der Waals surface area (Å²) in [5.74, 6) is -2.60. The van der Waals surface area contributed by atoms with E-state index in [0.29, 0.717) is 11.1 Å². The van der Waals surface area contributed by atoms with E-state index in [0.717, 1.165) is 18.2 Å². The number of carboxylic acids is 1. The Morgan fingerprint density at radius 3 is 2.27 bits per heavy atom. The normalized spacial score (nSPS) is 10.5. The molecular formula is C17H16O9. The Labute approximate surface area is 147 Å². The van der Waals surface area contributed by atoms with Crippen LogP contribution in [0.1, 0.15) is 31.8 Å². The molecule has 0 aliphatic rings. The standard InChI is InChI=1S/C17H16O9/c18-13-5-6-14(16(19)20)15(7-13)17(21)23-10-26-25-9-12-4-2-1-3-11(12)8-24-22/h1-7,18,22H,8-10H2,(H,19,20). The fraction of sp³-hybridized carbons (Fsp3) is 0.176. The maximum atomic E-state index is 11.9. The highest BCUT2D eigenvalue weighted by Crippen LogP contribution is 2.18. The van der Waals surface area contributed by atoms with Gasteiger partial charge in [-0.3, -0.25) is 5.26 Å². The molecule has 2 aromatic carbocycles. The number of carbonyl (C=O) groups is 2. The molecule has 9 nitrogen and oxygen atoms in total. The topological polar surface area (TPSA) is 132 Å². The van der Waals surface area contributed by atoms with Crippen LogP contribution in [0.5, 0.6) is 5.75 Å². The van der Waals surface area contributed by atoms with Crippen LogP contribution in [0, 0.1) is 0 Å². The number of phenols is 1. The van der Waals surface area contributed by atoms with E-state index in [9.17, 15) is 14.7 Å². The zero-order valence-corrected chi connectivity index (χ0v) is 13.5. The van der Waals surface area contributed by atoms with E-state index >= 15 is 0 Å². The molecule has 0 heterocycles. The van der Waals surface area contributed by atoms with Gasteiger partial charge in [0.25, 0.3) is 0 Å². The zero-order chi connectivity index (χ0) is 18.9. The number of aromatic carboxylic acids is 1. The Morgan fingerprint density at radius 1 is 0.923 bits per heavy atom. The number of carbonyl (C=O) groups excluding carboxylic acids is 1. The van der Waals surface area contributed by atoms with E-state index in [2.05, 4.69) is 4.89 Å². The quantitative estimate of drug-likeness (QED) is 0.202. The van der Waals surface area contributed by atoms with E-state index in [1.54, 1.807) is 24.3 Å². The van der Waals surface area contributed by atoms with Crippen LogP contribution in [0.2, 0.25) is 0 Å². The Bertz CT molecular complexity index is 773. The second-order valence-corrected chi connectivity index (χ2v) is 5.01. The summed E-state index contributed by atoms with van der Waals surface area (Å²) in [7, 11) is 0. The van der Waals surface area contributed by atoms with Crippen molar-refractivity contribution in [3.63, 3.8) is 0 Å². The van der Waals surface area contributed by atoms with Crippen molar-refractivity contribution >= 4 is 11.9 Å². The van der Waals surface area contributed by atoms with Gasteiger partial charge in [-0.15, -0.1) is 0 Å². The van der Waals surface area contributed by atoms with Gasteiger partial charge in [-0.05, 0) is 29.3 Å². The molecule has 9 heteroatoms. The average molecular weight is 364 g/mol. The second-order valence-electron chi connectivity index (χ2n) is 5.01. The lowest BCUT2D eigenvalue weighted by molar-refractivity contribution is -0.335. The van der Waals surface area contributed by atoms with Crippen molar-refractivity contribution in [1.82, 2.24) is 0 Å². The molecule has 0 aliphatic heterocycles. The fourth-order valence-electron chi connectivity index (χ4n) is 2.09. The van der Waals surface area contributed by atoms with Crippen molar-refractivity contribution in [3.05, 3.63) is 64.7 Å². The molecule has 0 atom stereocenters. The maximum Gasteiger partial charge on any atom is 0.341 e. The number of rotatable bonds is 9. The van der Waals surface area contributed by atoms with Gasteiger partial charge in [0, 0.05) is 0 Å². The lowest BCUT2D eigenvalue weighted by atomic mass is 10.1. The van der Waals surface area contributed by atoms with E-state index in [1.807, 2.05) is 0 Å². The molecule has 0 aliphatic carbocycles. The van der Waals surface area contributed by atoms with Crippen LogP contribution < -0.4 is 0 Å². The van der Waals surface area contributed by atoms with Gasteiger partial charge in [0.1, 0.15) is 19.0 Å². The molecule has 0 fully saturated rings. The van der Waals surface area contributed by atoms with Crippen LogP contribution in [0.25, 0.3) is 0 Å². The summed E-state index contributed by atoms with van der Waals surface area (Å²) < 4.78 is 4.76. The number of ether oxygens (including phenoxy) is 1. The molecule has 26 heavy (non-hydrogen) atoms. The Morgan fingerprint density at radius 2 is 1.62 bits per heavy atom. The summed E-state index contributed by atoms with van der Waals surface area (Å²) in [5, 5.41) is 26.9. The number of carboxylic acid groups (broad SMARTS) is 1. The molecule has 2 aromatic rings. The SMILES string of the molecule is O=C(O)c1ccc(O)cc1C(=O)OCOOCc1ccccc1COO. The lowest BCUT2D eigenvalue weighted by Gasteiger charge is -2.09. The third kappa shape index (κ3) is 5.26. The highest BCUT2D eigenvalue weighted by atomic mass is 17.2. The van der Waals surface area contributed by atoms with Crippen LogP contribution in [0.15, 0.2) is 42.5 Å². The van der Waals surface area contributed by atoms with Crippen molar-refractivity contribution in [1.29, 1.82) is 0 Å². The second kappa shape index (κ2) is 9.49. The molecule has 0 saturated carbocycles.